The fourth-order valence-electron chi connectivity index (χ4n) is 3.71. The summed E-state index contributed by atoms with van der Waals surface area (Å²) in [4.78, 5) is 74.4. The Balaban J connectivity index is 2.61. The number of carboxylic acids is 1. The molecular formula is C23H40N6O7. The van der Waals surface area contributed by atoms with E-state index in [0.717, 1.165) is 0 Å². The average molecular weight is 513 g/mol. The first kappa shape index (κ1) is 30.8. The van der Waals surface area contributed by atoms with Crippen molar-refractivity contribution in [1.82, 2.24) is 26.2 Å². The van der Waals surface area contributed by atoms with Crippen LogP contribution in [0.5, 0.6) is 0 Å². The molecule has 0 saturated carbocycles. The number of aliphatic carboxylic acids is 1. The standard InChI is InChI=1S/C23H40N6O7/c1-12(2)9-15(21(34)26-11-18(31)32)28-17(30)10-25-20(33)14(5)27-22(35)16-7-6-8-29(16)23(36)19(24)13(3)4/h12-16,19H,6-11,24H2,1-5H3,(H,25,33)(H,26,34)(H,27,35)(H,28,30)(H,31,32)/t14-,15-,16-,19-/m0/s1. The van der Waals surface area contributed by atoms with Crippen LogP contribution in [0.1, 0.15) is 53.9 Å². The van der Waals surface area contributed by atoms with E-state index in [9.17, 15) is 28.8 Å². The molecule has 0 radical (unpaired) electrons. The molecule has 0 aromatic rings. The van der Waals surface area contributed by atoms with Gasteiger partial charge in [0.15, 0.2) is 0 Å². The van der Waals surface area contributed by atoms with E-state index in [1.54, 1.807) is 0 Å². The Labute approximate surface area is 211 Å². The fourth-order valence-corrected chi connectivity index (χ4v) is 3.71. The summed E-state index contributed by atoms with van der Waals surface area (Å²) >= 11 is 0. The summed E-state index contributed by atoms with van der Waals surface area (Å²) in [7, 11) is 0. The van der Waals surface area contributed by atoms with Crippen LogP contribution in [0.15, 0.2) is 0 Å². The van der Waals surface area contributed by atoms with Crippen LogP contribution in [-0.4, -0.2) is 89.3 Å². The summed E-state index contributed by atoms with van der Waals surface area (Å²) in [5.41, 5.74) is 5.95. The van der Waals surface area contributed by atoms with E-state index in [4.69, 9.17) is 10.8 Å². The van der Waals surface area contributed by atoms with E-state index in [1.807, 2.05) is 27.7 Å². The maximum atomic E-state index is 12.7. The molecule has 0 bridgehead atoms. The SMILES string of the molecule is CC(C)C[C@H](NC(=O)CNC(=O)[C@H](C)NC(=O)[C@@H]1CCCN1C(=O)[C@@H](N)C(C)C)C(=O)NCC(=O)O. The van der Waals surface area contributed by atoms with Gasteiger partial charge < -0.3 is 37.0 Å². The van der Waals surface area contributed by atoms with Gasteiger partial charge in [-0.15, -0.1) is 0 Å². The number of amides is 5. The highest BCUT2D eigenvalue weighted by atomic mass is 16.4. The van der Waals surface area contributed by atoms with Crippen molar-refractivity contribution >= 4 is 35.5 Å². The second kappa shape index (κ2) is 14.4. The Hall–Kier alpha value is -3.22. The Morgan fingerprint density at radius 2 is 1.56 bits per heavy atom. The maximum Gasteiger partial charge on any atom is 0.322 e. The Bertz CT molecular complexity index is 832. The quantitative estimate of drug-likeness (QED) is 0.168. The normalized spacial score (nSPS) is 17.8. The average Bonchev–Trinajstić information content (AvgIpc) is 3.29. The Morgan fingerprint density at radius 3 is 2.11 bits per heavy atom. The summed E-state index contributed by atoms with van der Waals surface area (Å²) < 4.78 is 0. The van der Waals surface area contributed by atoms with Crippen molar-refractivity contribution in [2.45, 2.75) is 78.0 Å². The lowest BCUT2D eigenvalue weighted by molar-refractivity contribution is -0.141. The van der Waals surface area contributed by atoms with Gasteiger partial charge in [-0.2, -0.15) is 0 Å². The number of nitrogens with two attached hydrogens (primary N) is 1. The molecular weight excluding hydrogens is 472 g/mol. The third kappa shape index (κ3) is 9.80. The van der Waals surface area contributed by atoms with Crippen LogP contribution in [0.25, 0.3) is 0 Å². The summed E-state index contributed by atoms with van der Waals surface area (Å²) in [6, 6.07) is -3.38. The van der Waals surface area contributed by atoms with Crippen LogP contribution >= 0.6 is 0 Å². The van der Waals surface area contributed by atoms with E-state index in [1.165, 1.54) is 11.8 Å². The fraction of sp³-hybridized carbons (Fsp3) is 0.739. The number of nitrogens with one attached hydrogen (secondary N) is 4. The minimum atomic E-state index is -1.21. The first-order valence-electron chi connectivity index (χ1n) is 12.2. The minimum absolute atomic E-state index is 0.0350. The van der Waals surface area contributed by atoms with Crippen molar-refractivity contribution in [3.63, 3.8) is 0 Å². The highest BCUT2D eigenvalue weighted by Gasteiger charge is 2.37. The van der Waals surface area contributed by atoms with Crippen LogP contribution in [-0.2, 0) is 28.8 Å². The largest absolute Gasteiger partial charge is 0.480 e. The van der Waals surface area contributed by atoms with E-state index in [0.29, 0.717) is 19.4 Å². The number of likely N-dealkylation sites (tertiary alicyclic amines) is 1. The zero-order valence-corrected chi connectivity index (χ0v) is 21.6. The summed E-state index contributed by atoms with van der Waals surface area (Å²) in [6.45, 7) is 8.16. The van der Waals surface area contributed by atoms with Crippen LogP contribution in [0, 0.1) is 11.8 Å². The van der Waals surface area contributed by atoms with Gasteiger partial charge in [0, 0.05) is 6.54 Å². The molecule has 13 nitrogen and oxygen atoms in total. The molecule has 5 amide bonds. The molecule has 1 saturated heterocycles. The maximum absolute atomic E-state index is 12.7. The molecule has 1 aliphatic heterocycles. The van der Waals surface area contributed by atoms with Gasteiger partial charge >= 0.3 is 5.97 Å². The molecule has 4 atom stereocenters. The van der Waals surface area contributed by atoms with E-state index in [-0.39, 0.29) is 24.2 Å². The molecule has 1 rings (SSSR count). The molecule has 1 fully saturated rings. The number of hydrogen-bond acceptors (Lipinski definition) is 7. The van der Waals surface area contributed by atoms with Gasteiger partial charge in [-0.05, 0) is 38.0 Å². The lowest BCUT2D eigenvalue weighted by atomic mass is 10.0. The van der Waals surface area contributed by atoms with E-state index >= 15 is 0 Å². The molecule has 0 aromatic carbocycles. The lowest BCUT2D eigenvalue weighted by Crippen LogP contribution is -2.56. The van der Waals surface area contributed by atoms with Crippen LogP contribution in [0.3, 0.4) is 0 Å². The topological polar surface area (TPSA) is 200 Å². The molecule has 0 aliphatic carbocycles. The zero-order chi connectivity index (χ0) is 27.6. The molecule has 13 heteroatoms. The second-order valence-corrected chi connectivity index (χ2v) is 9.77. The molecule has 36 heavy (non-hydrogen) atoms. The first-order valence-corrected chi connectivity index (χ1v) is 12.2. The number of rotatable bonds is 13. The summed E-state index contributed by atoms with van der Waals surface area (Å²) in [5, 5.41) is 18.4. The third-order valence-electron chi connectivity index (χ3n) is 5.79. The minimum Gasteiger partial charge on any atom is -0.480 e. The number of carbonyl (C=O) groups excluding carboxylic acids is 5. The van der Waals surface area contributed by atoms with Crippen LogP contribution in [0.2, 0.25) is 0 Å². The first-order chi connectivity index (χ1) is 16.7. The Morgan fingerprint density at radius 1 is 0.944 bits per heavy atom. The Kier molecular flexibility index (Phi) is 12.3. The van der Waals surface area contributed by atoms with Gasteiger partial charge in [0.1, 0.15) is 24.7 Å². The summed E-state index contributed by atoms with van der Waals surface area (Å²) in [6.07, 6.45) is 1.38. The van der Waals surface area contributed by atoms with Gasteiger partial charge in [0.25, 0.3) is 0 Å². The molecule has 1 aliphatic rings. The van der Waals surface area contributed by atoms with Crippen molar-refractivity contribution < 1.29 is 33.9 Å². The number of carboxylic acid groups (broad SMARTS) is 1. The van der Waals surface area contributed by atoms with Gasteiger partial charge in [-0.3, -0.25) is 28.8 Å². The molecule has 204 valence electrons. The van der Waals surface area contributed by atoms with Crippen LogP contribution in [0.4, 0.5) is 0 Å². The highest BCUT2D eigenvalue weighted by Crippen LogP contribution is 2.20. The molecule has 0 unspecified atom stereocenters. The monoisotopic (exact) mass is 512 g/mol. The van der Waals surface area contributed by atoms with Crippen LogP contribution < -0.4 is 27.0 Å². The van der Waals surface area contributed by atoms with Gasteiger partial charge in [-0.1, -0.05) is 27.7 Å². The van der Waals surface area contributed by atoms with Crippen molar-refractivity contribution in [1.29, 1.82) is 0 Å². The van der Waals surface area contributed by atoms with E-state index in [2.05, 4.69) is 21.3 Å². The predicted octanol–water partition coefficient (Wildman–Crippen LogP) is -1.69. The smallest absolute Gasteiger partial charge is 0.322 e. The van der Waals surface area contributed by atoms with E-state index < -0.39 is 66.9 Å². The molecule has 0 spiro atoms. The van der Waals surface area contributed by atoms with Crippen molar-refractivity contribution in [3.8, 4) is 0 Å². The number of carbonyl (C=O) groups is 6. The van der Waals surface area contributed by atoms with Gasteiger partial charge in [0.05, 0.1) is 12.6 Å². The summed E-state index contributed by atoms with van der Waals surface area (Å²) in [5.74, 6) is -3.95. The number of nitrogens with zero attached hydrogens (tertiary/aromatic N) is 1. The molecule has 1 heterocycles. The third-order valence-corrected chi connectivity index (χ3v) is 5.79. The highest BCUT2D eigenvalue weighted by molar-refractivity contribution is 5.95. The number of hydrogen-bond donors (Lipinski definition) is 6. The van der Waals surface area contributed by atoms with Crippen molar-refractivity contribution in [3.05, 3.63) is 0 Å². The predicted molar refractivity (Wildman–Crippen MR) is 130 cm³/mol. The lowest BCUT2D eigenvalue weighted by Gasteiger charge is -2.28. The zero-order valence-electron chi connectivity index (χ0n) is 21.6. The van der Waals surface area contributed by atoms with Crippen molar-refractivity contribution in [2.24, 2.45) is 17.6 Å². The second-order valence-electron chi connectivity index (χ2n) is 9.77. The van der Waals surface area contributed by atoms with Gasteiger partial charge in [-0.25, -0.2) is 0 Å². The molecule has 7 N–H and O–H groups in total. The molecule has 0 aromatic heterocycles. The van der Waals surface area contributed by atoms with Gasteiger partial charge in [0.2, 0.25) is 29.5 Å². The van der Waals surface area contributed by atoms with Crippen molar-refractivity contribution in [2.75, 3.05) is 19.6 Å².